The van der Waals surface area contributed by atoms with E-state index in [4.69, 9.17) is 11.6 Å². The topological polar surface area (TPSA) is 50.5 Å². The molecule has 0 unspecified atom stereocenters. The van der Waals surface area contributed by atoms with Crippen molar-refractivity contribution in [2.24, 2.45) is 5.10 Å². The number of anilines is 1. The maximum absolute atomic E-state index is 12.9. The third-order valence-corrected chi connectivity index (χ3v) is 4.76. The van der Waals surface area contributed by atoms with E-state index in [0.29, 0.717) is 22.0 Å². The number of halogens is 1. The van der Waals surface area contributed by atoms with Crippen molar-refractivity contribution in [3.63, 3.8) is 0 Å². The lowest BCUT2D eigenvalue weighted by molar-refractivity contribution is -0.114. The van der Waals surface area contributed by atoms with Gasteiger partial charge in [-0.1, -0.05) is 48.0 Å². The first kappa shape index (κ1) is 17.2. The Hall–Kier alpha value is -3.18. The summed E-state index contributed by atoms with van der Waals surface area (Å²) >= 11 is 6.58. The Morgan fingerprint density at radius 1 is 0.926 bits per heavy atom. The number of aromatic nitrogens is 2. The van der Waals surface area contributed by atoms with Gasteiger partial charge in [0.05, 0.1) is 28.4 Å². The number of carbonyl (C=O) groups is 1. The van der Waals surface area contributed by atoms with Gasteiger partial charge in [-0.3, -0.25) is 4.79 Å². The second-order valence-corrected chi connectivity index (χ2v) is 6.59. The van der Waals surface area contributed by atoms with Gasteiger partial charge < -0.3 is 0 Å². The minimum absolute atomic E-state index is 0.179. The van der Waals surface area contributed by atoms with Crippen LogP contribution >= 0.6 is 11.6 Å². The summed E-state index contributed by atoms with van der Waals surface area (Å²) in [6, 6.07) is 19.0. The highest BCUT2D eigenvalue weighted by molar-refractivity contribution is 6.34. The predicted octanol–water partition coefficient (Wildman–Crippen LogP) is 4.64. The molecule has 4 rings (SSSR count). The highest BCUT2D eigenvalue weighted by atomic mass is 35.5. The molecule has 0 N–H and O–H groups in total. The Morgan fingerprint density at radius 3 is 2.15 bits per heavy atom. The number of hydrogen-bond acceptors (Lipinski definition) is 3. The van der Waals surface area contributed by atoms with Gasteiger partial charge in [0.2, 0.25) is 0 Å². The molecule has 1 aromatic heterocycles. The molecule has 2 heterocycles. The van der Waals surface area contributed by atoms with Crippen LogP contribution in [-0.4, -0.2) is 21.4 Å². The van der Waals surface area contributed by atoms with E-state index in [2.05, 4.69) is 10.2 Å². The second kappa shape index (κ2) is 6.85. The van der Waals surface area contributed by atoms with Crippen LogP contribution in [0, 0.1) is 6.92 Å². The zero-order valence-electron chi connectivity index (χ0n) is 14.9. The lowest BCUT2D eigenvalue weighted by atomic mass is 10.1. The van der Waals surface area contributed by atoms with Crippen molar-refractivity contribution < 1.29 is 4.79 Å². The van der Waals surface area contributed by atoms with Gasteiger partial charge in [-0.05, 0) is 44.2 Å². The standard InChI is InChI=1S/C21H17ClN4O/c1-14-18(20(22)25(23-14)16-9-5-3-6-10-16)13-19-15(2)24-26(21(19)27)17-11-7-4-8-12-17/h3-13H,1-2H3/b19-13-. The van der Waals surface area contributed by atoms with Crippen LogP contribution in [0.1, 0.15) is 18.2 Å². The largest absolute Gasteiger partial charge is 0.280 e. The normalized spacial score (nSPS) is 15.5. The second-order valence-electron chi connectivity index (χ2n) is 6.23. The molecule has 27 heavy (non-hydrogen) atoms. The van der Waals surface area contributed by atoms with E-state index in [1.165, 1.54) is 5.01 Å². The van der Waals surface area contributed by atoms with Gasteiger partial charge in [0.1, 0.15) is 5.15 Å². The number of para-hydroxylation sites is 2. The summed E-state index contributed by atoms with van der Waals surface area (Å²) in [6.45, 7) is 3.69. The molecule has 0 saturated carbocycles. The van der Waals surface area contributed by atoms with Crippen LogP contribution in [0.3, 0.4) is 0 Å². The number of carbonyl (C=O) groups excluding carboxylic acids is 1. The van der Waals surface area contributed by atoms with Crippen LogP contribution in [0.25, 0.3) is 11.8 Å². The van der Waals surface area contributed by atoms with Crippen LogP contribution in [0.5, 0.6) is 0 Å². The van der Waals surface area contributed by atoms with Crippen LogP contribution in [-0.2, 0) is 4.79 Å². The molecule has 0 aliphatic carbocycles. The van der Waals surface area contributed by atoms with Gasteiger partial charge in [0.25, 0.3) is 5.91 Å². The van der Waals surface area contributed by atoms with Crippen molar-refractivity contribution in [3.8, 4) is 5.69 Å². The van der Waals surface area contributed by atoms with Gasteiger partial charge in [0, 0.05) is 5.56 Å². The summed E-state index contributed by atoms with van der Waals surface area (Å²) in [6.07, 6.45) is 1.77. The summed E-state index contributed by atoms with van der Waals surface area (Å²) < 4.78 is 1.67. The fraction of sp³-hybridized carbons (Fsp3) is 0.0952. The molecule has 6 heteroatoms. The summed E-state index contributed by atoms with van der Waals surface area (Å²) in [5.74, 6) is -0.179. The molecule has 0 radical (unpaired) electrons. The zero-order chi connectivity index (χ0) is 19.0. The average Bonchev–Trinajstić information content (AvgIpc) is 3.14. The molecular formula is C21H17ClN4O. The average molecular weight is 377 g/mol. The van der Waals surface area contributed by atoms with Crippen molar-refractivity contribution in [2.45, 2.75) is 13.8 Å². The molecule has 0 saturated heterocycles. The van der Waals surface area contributed by atoms with E-state index in [1.54, 1.807) is 10.8 Å². The van der Waals surface area contributed by atoms with E-state index in [1.807, 2.05) is 74.5 Å². The highest BCUT2D eigenvalue weighted by Gasteiger charge is 2.29. The Balaban J connectivity index is 1.74. The van der Waals surface area contributed by atoms with Crippen molar-refractivity contribution in [3.05, 3.63) is 82.6 Å². The van der Waals surface area contributed by atoms with Gasteiger partial charge in [-0.25, -0.2) is 4.68 Å². The molecule has 1 aliphatic rings. The van der Waals surface area contributed by atoms with E-state index >= 15 is 0 Å². The molecule has 0 atom stereocenters. The van der Waals surface area contributed by atoms with Crippen molar-refractivity contribution >= 4 is 35.0 Å². The van der Waals surface area contributed by atoms with Crippen LogP contribution in [0.4, 0.5) is 5.69 Å². The summed E-state index contributed by atoms with van der Waals surface area (Å²) in [5, 5.41) is 10.8. The predicted molar refractivity (Wildman–Crippen MR) is 108 cm³/mol. The first-order valence-corrected chi connectivity index (χ1v) is 8.91. The maximum atomic E-state index is 12.9. The van der Waals surface area contributed by atoms with E-state index in [-0.39, 0.29) is 5.91 Å². The summed E-state index contributed by atoms with van der Waals surface area (Å²) in [5.41, 5.74) is 4.21. The Morgan fingerprint density at radius 2 is 1.52 bits per heavy atom. The van der Waals surface area contributed by atoms with Gasteiger partial charge >= 0.3 is 0 Å². The monoisotopic (exact) mass is 376 g/mol. The molecule has 134 valence electrons. The number of rotatable bonds is 3. The van der Waals surface area contributed by atoms with Gasteiger partial charge in [0.15, 0.2) is 0 Å². The number of aryl methyl sites for hydroxylation is 1. The third-order valence-electron chi connectivity index (χ3n) is 4.40. The molecule has 2 aromatic carbocycles. The number of benzene rings is 2. The lowest BCUT2D eigenvalue weighted by Crippen LogP contribution is -2.21. The van der Waals surface area contributed by atoms with E-state index in [0.717, 1.165) is 17.1 Å². The fourth-order valence-electron chi connectivity index (χ4n) is 2.99. The maximum Gasteiger partial charge on any atom is 0.280 e. The number of amides is 1. The quantitative estimate of drug-likeness (QED) is 0.625. The molecule has 3 aromatic rings. The first-order chi connectivity index (χ1) is 13.1. The van der Waals surface area contributed by atoms with Gasteiger partial charge in [-0.15, -0.1) is 0 Å². The minimum Gasteiger partial charge on any atom is -0.267 e. The molecular weight excluding hydrogens is 360 g/mol. The highest BCUT2D eigenvalue weighted by Crippen LogP contribution is 2.29. The Kier molecular flexibility index (Phi) is 4.38. The molecule has 0 fully saturated rings. The zero-order valence-corrected chi connectivity index (χ0v) is 15.7. The smallest absolute Gasteiger partial charge is 0.267 e. The van der Waals surface area contributed by atoms with Crippen molar-refractivity contribution in [2.75, 3.05) is 5.01 Å². The van der Waals surface area contributed by atoms with Gasteiger partial charge in [-0.2, -0.15) is 15.2 Å². The first-order valence-electron chi connectivity index (χ1n) is 8.53. The lowest BCUT2D eigenvalue weighted by Gasteiger charge is -2.11. The van der Waals surface area contributed by atoms with Crippen LogP contribution < -0.4 is 5.01 Å². The minimum atomic E-state index is -0.179. The molecule has 1 amide bonds. The van der Waals surface area contributed by atoms with Crippen molar-refractivity contribution in [1.29, 1.82) is 0 Å². The number of hydrogen-bond donors (Lipinski definition) is 0. The Bertz CT molecular complexity index is 1070. The number of nitrogens with zero attached hydrogens (tertiary/aromatic N) is 4. The SMILES string of the molecule is CC1=NN(c2ccccc2)C(=O)/C1=C\c1c(C)nn(-c2ccccc2)c1Cl. The van der Waals surface area contributed by atoms with Crippen LogP contribution in [0.2, 0.25) is 5.15 Å². The number of hydrazone groups is 1. The molecule has 0 spiro atoms. The summed E-state index contributed by atoms with van der Waals surface area (Å²) in [7, 11) is 0. The van der Waals surface area contributed by atoms with E-state index in [9.17, 15) is 4.79 Å². The Labute approximate surface area is 162 Å². The van der Waals surface area contributed by atoms with Crippen molar-refractivity contribution in [1.82, 2.24) is 9.78 Å². The third kappa shape index (κ3) is 3.06. The van der Waals surface area contributed by atoms with Crippen LogP contribution in [0.15, 0.2) is 71.3 Å². The van der Waals surface area contributed by atoms with E-state index < -0.39 is 0 Å². The fourth-order valence-corrected chi connectivity index (χ4v) is 3.31. The summed E-state index contributed by atoms with van der Waals surface area (Å²) in [4.78, 5) is 12.9. The molecule has 0 bridgehead atoms. The molecule has 1 aliphatic heterocycles. The molecule has 5 nitrogen and oxygen atoms in total.